The number of hydrogen-bond donors (Lipinski definition) is 1. The minimum atomic E-state index is -0.686. The van der Waals surface area contributed by atoms with Gasteiger partial charge in [0, 0.05) is 30.3 Å². The van der Waals surface area contributed by atoms with Crippen molar-refractivity contribution in [3.63, 3.8) is 0 Å². The van der Waals surface area contributed by atoms with Crippen LogP contribution in [-0.2, 0) is 14.3 Å². The number of ether oxygens (including phenoxy) is 2. The van der Waals surface area contributed by atoms with E-state index in [9.17, 15) is 14.7 Å². The fourth-order valence-corrected chi connectivity index (χ4v) is 3.94. The topological polar surface area (TPSA) is 76.1 Å². The van der Waals surface area contributed by atoms with Crippen molar-refractivity contribution in [2.45, 2.75) is 26.3 Å². The molecule has 0 radical (unpaired) electrons. The molecule has 1 heterocycles. The first-order chi connectivity index (χ1) is 14.9. The van der Waals surface area contributed by atoms with Crippen molar-refractivity contribution in [1.82, 2.24) is 4.90 Å². The molecular formula is C24H26BrNO5. The number of amides is 1. The molecule has 0 saturated carbocycles. The third-order valence-corrected chi connectivity index (χ3v) is 6.12. The Bertz CT molecular complexity index is 1000. The minimum absolute atomic E-state index is 0.0910. The molecule has 1 aliphatic heterocycles. The fraction of sp³-hybridized carbons (Fsp3) is 0.333. The largest absolute Gasteiger partial charge is 0.507 e. The van der Waals surface area contributed by atoms with Gasteiger partial charge in [0.2, 0.25) is 0 Å². The molecule has 1 N–H and O–H groups in total. The van der Waals surface area contributed by atoms with Crippen LogP contribution in [0.15, 0.2) is 52.5 Å². The van der Waals surface area contributed by atoms with Gasteiger partial charge in [-0.05, 0) is 55.7 Å². The smallest absolute Gasteiger partial charge is 0.295 e. The van der Waals surface area contributed by atoms with Gasteiger partial charge in [0.25, 0.3) is 11.7 Å². The Morgan fingerprint density at radius 3 is 2.48 bits per heavy atom. The summed E-state index contributed by atoms with van der Waals surface area (Å²) in [6.07, 6.45) is 0.578. The molecule has 31 heavy (non-hydrogen) atoms. The highest BCUT2D eigenvalue weighted by Crippen LogP contribution is 2.40. The van der Waals surface area contributed by atoms with E-state index in [1.807, 2.05) is 32.0 Å². The summed E-state index contributed by atoms with van der Waals surface area (Å²) in [5.74, 6) is -0.784. The number of hydrogen-bond acceptors (Lipinski definition) is 5. The van der Waals surface area contributed by atoms with Crippen LogP contribution in [0.1, 0.15) is 36.1 Å². The second kappa shape index (κ2) is 10.1. The molecule has 0 spiro atoms. The van der Waals surface area contributed by atoms with E-state index in [1.165, 1.54) is 4.90 Å². The quantitative estimate of drug-likeness (QED) is 0.254. The maximum Gasteiger partial charge on any atom is 0.295 e. The van der Waals surface area contributed by atoms with Gasteiger partial charge in [-0.25, -0.2) is 0 Å². The molecule has 1 amide bonds. The Morgan fingerprint density at radius 2 is 1.87 bits per heavy atom. The van der Waals surface area contributed by atoms with E-state index in [0.717, 1.165) is 15.6 Å². The summed E-state index contributed by atoms with van der Waals surface area (Å²) in [6.45, 7) is 5.14. The van der Waals surface area contributed by atoms with E-state index in [4.69, 9.17) is 9.47 Å². The highest BCUT2D eigenvalue weighted by atomic mass is 79.9. The molecule has 0 aliphatic carbocycles. The number of ketones is 1. The number of methoxy groups -OCH3 is 1. The Morgan fingerprint density at radius 1 is 1.16 bits per heavy atom. The fourth-order valence-electron chi connectivity index (χ4n) is 3.70. The highest BCUT2D eigenvalue weighted by Gasteiger charge is 2.45. The monoisotopic (exact) mass is 487 g/mol. The zero-order valence-corrected chi connectivity index (χ0v) is 19.4. The zero-order chi connectivity index (χ0) is 22.5. The lowest BCUT2D eigenvalue weighted by molar-refractivity contribution is -0.140. The molecule has 2 aromatic carbocycles. The van der Waals surface area contributed by atoms with Gasteiger partial charge in [-0.15, -0.1) is 0 Å². The van der Waals surface area contributed by atoms with Crippen molar-refractivity contribution in [3.8, 4) is 5.75 Å². The summed E-state index contributed by atoms with van der Waals surface area (Å²) in [6, 6.07) is 11.9. The average molecular weight is 488 g/mol. The summed E-state index contributed by atoms with van der Waals surface area (Å²) >= 11 is 3.45. The lowest BCUT2D eigenvalue weighted by Gasteiger charge is -2.25. The molecule has 2 aromatic rings. The van der Waals surface area contributed by atoms with Gasteiger partial charge in [0.05, 0.1) is 18.2 Å². The van der Waals surface area contributed by atoms with Crippen LogP contribution < -0.4 is 4.74 Å². The molecule has 6 nitrogen and oxygen atoms in total. The number of halogens is 1. The van der Waals surface area contributed by atoms with E-state index in [1.54, 1.807) is 31.4 Å². The number of nitrogens with zero attached hydrogens (tertiary/aromatic N) is 1. The summed E-state index contributed by atoms with van der Waals surface area (Å²) < 4.78 is 11.5. The van der Waals surface area contributed by atoms with Gasteiger partial charge in [-0.1, -0.05) is 34.1 Å². The second-order valence-electron chi connectivity index (χ2n) is 7.30. The van der Waals surface area contributed by atoms with E-state index in [2.05, 4.69) is 15.9 Å². The molecule has 0 aromatic heterocycles. The molecule has 1 atom stereocenters. The predicted octanol–water partition coefficient (Wildman–Crippen LogP) is 4.61. The molecule has 1 saturated heterocycles. The summed E-state index contributed by atoms with van der Waals surface area (Å²) in [5.41, 5.74) is 2.23. The van der Waals surface area contributed by atoms with Crippen molar-refractivity contribution in [2.24, 2.45) is 0 Å². The van der Waals surface area contributed by atoms with Crippen LogP contribution in [0.25, 0.3) is 5.76 Å². The molecule has 7 heteroatoms. The molecule has 1 aliphatic rings. The molecule has 164 valence electrons. The van der Waals surface area contributed by atoms with E-state index >= 15 is 0 Å². The standard InChI is InChI=1S/C24H26BrNO5/c1-4-31-18-9-6-16(7-10-18)21-20(22(27)17-8-11-19(25)15(2)14-17)23(28)24(29)26(21)12-5-13-30-3/h6-11,14,21,27H,4-5,12-13H2,1-3H3/b22-20-. The van der Waals surface area contributed by atoms with Gasteiger partial charge in [0.15, 0.2) is 0 Å². The van der Waals surface area contributed by atoms with Crippen LogP contribution in [-0.4, -0.2) is 48.6 Å². The predicted molar refractivity (Wildman–Crippen MR) is 122 cm³/mol. The van der Waals surface area contributed by atoms with E-state index < -0.39 is 17.7 Å². The number of benzene rings is 2. The first-order valence-corrected chi connectivity index (χ1v) is 10.9. The van der Waals surface area contributed by atoms with Crippen LogP contribution in [0.5, 0.6) is 5.75 Å². The number of aliphatic hydroxyl groups excluding tert-OH is 1. The van der Waals surface area contributed by atoms with Crippen molar-refractivity contribution in [3.05, 3.63) is 69.2 Å². The third-order valence-electron chi connectivity index (χ3n) is 5.23. The van der Waals surface area contributed by atoms with Crippen LogP contribution in [0.3, 0.4) is 0 Å². The minimum Gasteiger partial charge on any atom is -0.507 e. The molecule has 1 unspecified atom stereocenters. The first-order valence-electron chi connectivity index (χ1n) is 10.2. The Hall–Kier alpha value is -2.64. The number of carbonyl (C=O) groups is 2. The number of aliphatic hydroxyl groups is 1. The SMILES string of the molecule is CCOc1ccc(C2/C(=C(/O)c3ccc(Br)c(C)c3)C(=O)C(=O)N2CCCOC)cc1. The maximum atomic E-state index is 13.0. The van der Waals surface area contributed by atoms with Crippen LogP contribution in [0.4, 0.5) is 0 Å². The van der Waals surface area contributed by atoms with Gasteiger partial charge in [-0.3, -0.25) is 9.59 Å². The van der Waals surface area contributed by atoms with Crippen molar-refractivity contribution < 1.29 is 24.2 Å². The summed E-state index contributed by atoms with van der Waals surface area (Å²) in [5, 5.41) is 11.1. The van der Waals surface area contributed by atoms with Gasteiger partial charge in [0.1, 0.15) is 11.5 Å². The summed E-state index contributed by atoms with van der Waals surface area (Å²) in [4.78, 5) is 27.4. The molecule has 0 bridgehead atoms. The Labute approximate surface area is 190 Å². The lowest BCUT2D eigenvalue weighted by Crippen LogP contribution is -2.31. The van der Waals surface area contributed by atoms with Crippen LogP contribution in [0, 0.1) is 6.92 Å². The second-order valence-corrected chi connectivity index (χ2v) is 8.16. The Kier molecular flexibility index (Phi) is 7.51. The van der Waals surface area contributed by atoms with Crippen molar-refractivity contribution >= 4 is 33.4 Å². The average Bonchev–Trinajstić information content (AvgIpc) is 3.01. The highest BCUT2D eigenvalue weighted by molar-refractivity contribution is 9.10. The molecule has 3 rings (SSSR count). The van der Waals surface area contributed by atoms with Gasteiger partial charge >= 0.3 is 0 Å². The molecular weight excluding hydrogens is 462 g/mol. The normalized spacial score (nSPS) is 17.9. The number of carbonyl (C=O) groups excluding carboxylic acids is 2. The summed E-state index contributed by atoms with van der Waals surface area (Å²) in [7, 11) is 1.59. The Balaban J connectivity index is 2.10. The number of Topliss-reactive ketones (excluding diaryl/α,β-unsaturated/α-hetero) is 1. The number of aryl methyl sites for hydroxylation is 1. The van der Waals surface area contributed by atoms with Crippen molar-refractivity contribution in [1.29, 1.82) is 0 Å². The van der Waals surface area contributed by atoms with Crippen molar-refractivity contribution in [2.75, 3.05) is 26.9 Å². The van der Waals surface area contributed by atoms with E-state index in [0.29, 0.717) is 37.5 Å². The zero-order valence-electron chi connectivity index (χ0n) is 17.9. The molecule has 1 fully saturated rings. The van der Waals surface area contributed by atoms with Crippen LogP contribution in [0.2, 0.25) is 0 Å². The van der Waals surface area contributed by atoms with Crippen LogP contribution >= 0.6 is 15.9 Å². The maximum absolute atomic E-state index is 13.0. The van der Waals surface area contributed by atoms with Gasteiger partial charge < -0.3 is 19.5 Å². The first kappa shape index (κ1) is 23.0. The number of likely N-dealkylation sites (tertiary alicyclic amines) is 1. The lowest BCUT2D eigenvalue weighted by atomic mass is 9.95. The van der Waals surface area contributed by atoms with Gasteiger partial charge in [-0.2, -0.15) is 0 Å². The van der Waals surface area contributed by atoms with E-state index in [-0.39, 0.29) is 11.3 Å². The number of rotatable bonds is 8. The third kappa shape index (κ3) is 4.83.